The molecule has 2 aromatic heterocycles. The van der Waals surface area contributed by atoms with Gasteiger partial charge in [0.05, 0.1) is 12.9 Å². The molecule has 0 saturated heterocycles. The summed E-state index contributed by atoms with van der Waals surface area (Å²) in [6, 6.07) is 0.130. The molecular formula is C9H14N6O. The van der Waals surface area contributed by atoms with Crippen LogP contribution in [-0.4, -0.2) is 39.7 Å². The molecule has 0 bridgehead atoms. The zero-order valence-corrected chi connectivity index (χ0v) is 9.19. The first-order valence-corrected chi connectivity index (χ1v) is 4.92. The van der Waals surface area contributed by atoms with Crippen LogP contribution in [0.4, 0.5) is 11.8 Å². The minimum atomic E-state index is 0.130. The standard InChI is InChI=1S/C9H14N6O/c1-5(3-16-2)13-8-6-7(12-4-11-6)14-9(10)15-8/h4-5H,3H2,1-2H3,(H4,10,11,12,13,14,15). The maximum atomic E-state index is 5.59. The monoisotopic (exact) mass is 222 g/mol. The Morgan fingerprint density at radius 1 is 1.56 bits per heavy atom. The fourth-order valence-electron chi connectivity index (χ4n) is 1.48. The summed E-state index contributed by atoms with van der Waals surface area (Å²) >= 11 is 0. The van der Waals surface area contributed by atoms with E-state index in [1.807, 2.05) is 6.92 Å². The van der Waals surface area contributed by atoms with Crippen molar-refractivity contribution in [1.29, 1.82) is 0 Å². The van der Waals surface area contributed by atoms with Crippen LogP contribution in [0.25, 0.3) is 11.2 Å². The van der Waals surface area contributed by atoms with Gasteiger partial charge >= 0.3 is 0 Å². The number of aromatic nitrogens is 4. The summed E-state index contributed by atoms with van der Waals surface area (Å²) in [7, 11) is 1.65. The third kappa shape index (κ3) is 2.03. The Balaban J connectivity index is 2.31. The van der Waals surface area contributed by atoms with Gasteiger partial charge in [-0.2, -0.15) is 9.97 Å². The van der Waals surface area contributed by atoms with Crippen molar-refractivity contribution in [2.24, 2.45) is 0 Å². The number of aromatic amines is 1. The molecule has 0 amide bonds. The molecule has 0 spiro atoms. The molecule has 2 aromatic rings. The summed E-state index contributed by atoms with van der Waals surface area (Å²) in [6.07, 6.45) is 1.56. The van der Waals surface area contributed by atoms with E-state index >= 15 is 0 Å². The molecule has 0 aliphatic carbocycles. The second-order valence-electron chi connectivity index (χ2n) is 3.53. The number of hydrogen-bond donors (Lipinski definition) is 3. The highest BCUT2D eigenvalue weighted by Crippen LogP contribution is 2.17. The molecule has 0 fully saturated rings. The van der Waals surface area contributed by atoms with Gasteiger partial charge in [0.2, 0.25) is 5.95 Å². The Hall–Kier alpha value is -1.89. The van der Waals surface area contributed by atoms with E-state index in [-0.39, 0.29) is 12.0 Å². The summed E-state index contributed by atoms with van der Waals surface area (Å²) in [4.78, 5) is 15.1. The van der Waals surface area contributed by atoms with Crippen molar-refractivity contribution in [3.63, 3.8) is 0 Å². The van der Waals surface area contributed by atoms with Crippen LogP contribution in [0.2, 0.25) is 0 Å². The van der Waals surface area contributed by atoms with Crippen molar-refractivity contribution in [2.75, 3.05) is 24.8 Å². The number of nitrogens with two attached hydrogens (primary N) is 1. The molecule has 2 heterocycles. The van der Waals surface area contributed by atoms with Crippen molar-refractivity contribution in [2.45, 2.75) is 13.0 Å². The smallest absolute Gasteiger partial charge is 0.224 e. The van der Waals surface area contributed by atoms with E-state index in [0.29, 0.717) is 18.1 Å². The van der Waals surface area contributed by atoms with Crippen molar-refractivity contribution in [3.05, 3.63) is 6.33 Å². The number of hydrogen-bond acceptors (Lipinski definition) is 6. The highest BCUT2D eigenvalue weighted by atomic mass is 16.5. The molecule has 16 heavy (non-hydrogen) atoms. The average Bonchev–Trinajstić information content (AvgIpc) is 2.65. The van der Waals surface area contributed by atoms with E-state index < -0.39 is 0 Å². The maximum absolute atomic E-state index is 5.59. The van der Waals surface area contributed by atoms with Gasteiger partial charge in [0, 0.05) is 13.2 Å². The predicted molar refractivity (Wildman–Crippen MR) is 61.1 cm³/mol. The summed E-state index contributed by atoms with van der Waals surface area (Å²) < 4.78 is 5.04. The van der Waals surface area contributed by atoms with Gasteiger partial charge in [-0.1, -0.05) is 0 Å². The van der Waals surface area contributed by atoms with Crippen molar-refractivity contribution in [3.8, 4) is 0 Å². The lowest BCUT2D eigenvalue weighted by molar-refractivity contribution is 0.190. The SMILES string of the molecule is COCC(C)Nc1nc(N)nc2nc[nH]c12. The molecule has 1 atom stereocenters. The number of fused-ring (bicyclic) bond motifs is 1. The van der Waals surface area contributed by atoms with Gasteiger partial charge in [-0.05, 0) is 6.92 Å². The van der Waals surface area contributed by atoms with E-state index in [4.69, 9.17) is 10.5 Å². The van der Waals surface area contributed by atoms with E-state index in [1.165, 1.54) is 0 Å². The van der Waals surface area contributed by atoms with Gasteiger partial charge in [0.25, 0.3) is 0 Å². The van der Waals surface area contributed by atoms with Gasteiger partial charge in [-0.25, -0.2) is 4.98 Å². The number of imidazole rings is 1. The Labute approximate surface area is 92.4 Å². The molecule has 7 nitrogen and oxygen atoms in total. The van der Waals surface area contributed by atoms with Gasteiger partial charge in [0.15, 0.2) is 11.5 Å². The summed E-state index contributed by atoms with van der Waals surface area (Å²) in [5.41, 5.74) is 6.89. The fourth-order valence-corrected chi connectivity index (χ4v) is 1.48. The number of nitrogens with one attached hydrogen (secondary N) is 2. The number of anilines is 2. The molecule has 4 N–H and O–H groups in total. The molecule has 0 radical (unpaired) electrons. The van der Waals surface area contributed by atoms with Gasteiger partial charge < -0.3 is 20.8 Å². The molecule has 2 rings (SSSR count). The lowest BCUT2D eigenvalue weighted by Crippen LogP contribution is -2.22. The average molecular weight is 222 g/mol. The van der Waals surface area contributed by atoms with E-state index in [9.17, 15) is 0 Å². The molecule has 0 aromatic carbocycles. The van der Waals surface area contributed by atoms with Crippen molar-refractivity contribution in [1.82, 2.24) is 19.9 Å². The second-order valence-corrected chi connectivity index (χ2v) is 3.53. The van der Waals surface area contributed by atoms with Crippen molar-refractivity contribution < 1.29 is 4.74 Å². The van der Waals surface area contributed by atoms with Crippen LogP contribution in [0.15, 0.2) is 6.33 Å². The predicted octanol–water partition coefficient (Wildman–Crippen LogP) is 0.382. The molecule has 1 unspecified atom stereocenters. The normalized spacial score (nSPS) is 12.9. The lowest BCUT2D eigenvalue weighted by atomic mass is 10.3. The third-order valence-corrected chi connectivity index (χ3v) is 2.10. The topological polar surface area (TPSA) is 102 Å². The largest absolute Gasteiger partial charge is 0.383 e. The quantitative estimate of drug-likeness (QED) is 0.691. The second kappa shape index (κ2) is 4.31. The van der Waals surface area contributed by atoms with Crippen LogP contribution in [0.5, 0.6) is 0 Å². The molecule has 0 aliphatic rings. The van der Waals surface area contributed by atoms with E-state index in [2.05, 4.69) is 25.3 Å². The number of methoxy groups -OCH3 is 1. The Morgan fingerprint density at radius 3 is 3.12 bits per heavy atom. The van der Waals surface area contributed by atoms with Crippen molar-refractivity contribution >= 4 is 22.9 Å². The zero-order chi connectivity index (χ0) is 11.5. The highest BCUT2D eigenvalue weighted by Gasteiger charge is 2.10. The van der Waals surface area contributed by atoms with Crippen LogP contribution in [0.3, 0.4) is 0 Å². The van der Waals surface area contributed by atoms with E-state index in [0.717, 1.165) is 5.52 Å². The van der Waals surface area contributed by atoms with Crippen LogP contribution < -0.4 is 11.1 Å². The first-order valence-electron chi connectivity index (χ1n) is 4.92. The molecule has 0 saturated carbocycles. The molecule has 0 aliphatic heterocycles. The number of rotatable bonds is 4. The first-order chi connectivity index (χ1) is 7.70. The van der Waals surface area contributed by atoms with Gasteiger partial charge in [-0.15, -0.1) is 0 Å². The maximum Gasteiger partial charge on any atom is 0.224 e. The van der Waals surface area contributed by atoms with Crippen LogP contribution >= 0.6 is 0 Å². The number of nitrogens with zero attached hydrogens (tertiary/aromatic N) is 3. The Bertz CT molecular complexity index is 482. The number of nitrogen functional groups attached to an aromatic ring is 1. The molecule has 7 heteroatoms. The van der Waals surface area contributed by atoms with Crippen LogP contribution in [0, 0.1) is 0 Å². The molecular weight excluding hydrogens is 208 g/mol. The summed E-state index contributed by atoms with van der Waals surface area (Å²) in [5, 5.41) is 3.19. The Kier molecular flexibility index (Phi) is 2.86. The minimum Gasteiger partial charge on any atom is -0.383 e. The Morgan fingerprint density at radius 2 is 2.38 bits per heavy atom. The van der Waals surface area contributed by atoms with Crippen LogP contribution in [-0.2, 0) is 4.74 Å². The minimum absolute atomic E-state index is 0.130. The first kappa shape index (κ1) is 10.6. The third-order valence-electron chi connectivity index (χ3n) is 2.10. The number of H-pyrrole nitrogens is 1. The molecule has 86 valence electrons. The van der Waals surface area contributed by atoms with E-state index in [1.54, 1.807) is 13.4 Å². The number of ether oxygens (including phenoxy) is 1. The summed E-state index contributed by atoms with van der Waals surface area (Å²) in [6.45, 7) is 2.57. The van der Waals surface area contributed by atoms with Gasteiger partial charge in [-0.3, -0.25) is 0 Å². The fraction of sp³-hybridized carbons (Fsp3) is 0.444. The van der Waals surface area contributed by atoms with Gasteiger partial charge in [0.1, 0.15) is 5.52 Å². The highest BCUT2D eigenvalue weighted by molar-refractivity contribution is 5.83. The zero-order valence-electron chi connectivity index (χ0n) is 9.19. The summed E-state index contributed by atoms with van der Waals surface area (Å²) in [5.74, 6) is 0.844. The lowest BCUT2D eigenvalue weighted by Gasteiger charge is -2.13. The van der Waals surface area contributed by atoms with Crippen LogP contribution in [0.1, 0.15) is 6.92 Å².